The number of ketones is 1. The lowest BCUT2D eigenvalue weighted by Crippen LogP contribution is -2.20. The molecule has 124 valence electrons. The monoisotopic (exact) mass is 332 g/mol. The van der Waals surface area contributed by atoms with Crippen LogP contribution in [-0.4, -0.2) is 16.9 Å². The number of benzene rings is 3. The molecule has 1 unspecified atom stereocenters. The fourth-order valence-corrected chi connectivity index (χ4v) is 2.43. The maximum absolute atomic E-state index is 12.8. The Balaban J connectivity index is 1.90. The summed E-state index contributed by atoms with van der Waals surface area (Å²) in [6.45, 7) is 0. The zero-order chi connectivity index (χ0) is 17.6. The summed E-state index contributed by atoms with van der Waals surface area (Å²) in [6.07, 6.45) is -1.04. The van der Waals surface area contributed by atoms with Gasteiger partial charge in [-0.05, 0) is 24.3 Å². The van der Waals surface area contributed by atoms with Gasteiger partial charge in [-0.3, -0.25) is 4.79 Å². The molecule has 0 spiro atoms. The van der Waals surface area contributed by atoms with Gasteiger partial charge in [0.15, 0.2) is 6.10 Å². The minimum atomic E-state index is -1.04. The molecule has 0 aromatic heterocycles. The van der Waals surface area contributed by atoms with E-state index in [2.05, 4.69) is 0 Å². The molecule has 0 aliphatic carbocycles. The highest BCUT2D eigenvalue weighted by Gasteiger charge is 2.26. The van der Waals surface area contributed by atoms with Crippen LogP contribution in [0.2, 0.25) is 0 Å². The first kappa shape index (κ1) is 16.5. The molecule has 3 rings (SSSR count). The second-order valence-electron chi connectivity index (χ2n) is 5.47. The van der Waals surface area contributed by atoms with E-state index in [0.29, 0.717) is 11.1 Å². The summed E-state index contributed by atoms with van der Waals surface area (Å²) in [5.41, 5.74) is 1.33. The highest BCUT2D eigenvalue weighted by Crippen LogP contribution is 2.24. The summed E-state index contributed by atoms with van der Waals surface area (Å²) in [5.74, 6) is -0.867. The van der Waals surface area contributed by atoms with Crippen molar-refractivity contribution in [1.29, 1.82) is 0 Å². The van der Waals surface area contributed by atoms with Crippen LogP contribution >= 0.6 is 0 Å². The largest absolute Gasteiger partial charge is 0.508 e. The van der Waals surface area contributed by atoms with E-state index in [4.69, 9.17) is 4.74 Å². The highest BCUT2D eigenvalue weighted by molar-refractivity contribution is 6.02. The van der Waals surface area contributed by atoms with Gasteiger partial charge in [0, 0.05) is 11.1 Å². The molecular formula is C21H16O4. The Bertz CT molecular complexity index is 855. The van der Waals surface area contributed by atoms with Crippen molar-refractivity contribution in [3.63, 3.8) is 0 Å². The van der Waals surface area contributed by atoms with E-state index in [0.717, 1.165) is 0 Å². The molecule has 0 amide bonds. The lowest BCUT2D eigenvalue weighted by atomic mass is 10.00. The summed E-state index contributed by atoms with van der Waals surface area (Å²) >= 11 is 0. The number of ether oxygens (including phenoxy) is 1. The number of carbonyl (C=O) groups excluding carboxylic acids is 2. The Hall–Kier alpha value is -3.40. The van der Waals surface area contributed by atoms with Crippen molar-refractivity contribution in [2.24, 2.45) is 0 Å². The van der Waals surface area contributed by atoms with Crippen molar-refractivity contribution in [3.05, 3.63) is 102 Å². The molecule has 0 saturated carbocycles. The zero-order valence-electron chi connectivity index (χ0n) is 13.3. The number of hydrogen-bond acceptors (Lipinski definition) is 4. The summed E-state index contributed by atoms with van der Waals surface area (Å²) in [7, 11) is 0. The molecule has 0 bridgehead atoms. The summed E-state index contributed by atoms with van der Waals surface area (Å²) in [6, 6.07) is 23.3. The first-order valence-electron chi connectivity index (χ1n) is 7.79. The van der Waals surface area contributed by atoms with Gasteiger partial charge in [0.05, 0.1) is 5.56 Å². The topological polar surface area (TPSA) is 63.6 Å². The van der Waals surface area contributed by atoms with Crippen LogP contribution in [0.5, 0.6) is 5.75 Å². The molecule has 3 aromatic rings. The Morgan fingerprint density at radius 3 is 1.88 bits per heavy atom. The van der Waals surface area contributed by atoms with Crippen LogP contribution in [0.1, 0.15) is 32.4 Å². The molecule has 3 aromatic carbocycles. The van der Waals surface area contributed by atoms with Crippen LogP contribution in [0.4, 0.5) is 0 Å². The molecule has 0 saturated heterocycles. The Morgan fingerprint density at radius 2 is 1.28 bits per heavy atom. The zero-order valence-corrected chi connectivity index (χ0v) is 13.3. The molecule has 0 aliphatic rings. The summed E-state index contributed by atoms with van der Waals surface area (Å²) in [5, 5.41) is 9.33. The normalized spacial score (nSPS) is 11.5. The molecular weight excluding hydrogens is 316 g/mol. The first-order chi connectivity index (χ1) is 12.1. The van der Waals surface area contributed by atoms with Crippen molar-refractivity contribution in [1.82, 2.24) is 0 Å². The molecule has 1 N–H and O–H groups in total. The van der Waals surface area contributed by atoms with E-state index in [1.54, 1.807) is 48.5 Å². The van der Waals surface area contributed by atoms with Crippen LogP contribution in [0.25, 0.3) is 0 Å². The van der Waals surface area contributed by atoms with Gasteiger partial charge in [0.2, 0.25) is 5.78 Å². The van der Waals surface area contributed by atoms with E-state index < -0.39 is 12.1 Å². The maximum Gasteiger partial charge on any atom is 0.339 e. The van der Waals surface area contributed by atoms with Gasteiger partial charge >= 0.3 is 5.97 Å². The Kier molecular flexibility index (Phi) is 4.90. The minimum Gasteiger partial charge on any atom is -0.508 e. The van der Waals surface area contributed by atoms with E-state index in [1.807, 2.05) is 12.1 Å². The van der Waals surface area contributed by atoms with E-state index in [-0.39, 0.29) is 17.1 Å². The number of aromatic hydroxyl groups is 1. The van der Waals surface area contributed by atoms with Crippen molar-refractivity contribution in [2.75, 3.05) is 0 Å². The van der Waals surface area contributed by atoms with E-state index >= 15 is 0 Å². The molecule has 0 radical (unpaired) electrons. The van der Waals surface area contributed by atoms with E-state index in [9.17, 15) is 14.7 Å². The molecule has 1 atom stereocenters. The molecule has 25 heavy (non-hydrogen) atoms. The summed E-state index contributed by atoms with van der Waals surface area (Å²) in [4.78, 5) is 25.3. The third kappa shape index (κ3) is 3.93. The van der Waals surface area contributed by atoms with Crippen molar-refractivity contribution in [3.8, 4) is 5.75 Å². The quantitative estimate of drug-likeness (QED) is 0.562. The Labute approximate surface area is 145 Å². The van der Waals surface area contributed by atoms with Gasteiger partial charge in [-0.2, -0.15) is 0 Å². The summed E-state index contributed by atoms with van der Waals surface area (Å²) < 4.78 is 5.51. The fourth-order valence-electron chi connectivity index (χ4n) is 2.43. The van der Waals surface area contributed by atoms with Crippen molar-refractivity contribution in [2.45, 2.75) is 6.10 Å². The van der Waals surface area contributed by atoms with Gasteiger partial charge in [-0.1, -0.05) is 60.7 Å². The average molecular weight is 332 g/mol. The van der Waals surface area contributed by atoms with E-state index in [1.165, 1.54) is 24.3 Å². The number of esters is 1. The minimum absolute atomic E-state index is 0.0523. The number of carbonyl (C=O) groups is 2. The number of phenols is 1. The van der Waals surface area contributed by atoms with Crippen LogP contribution in [0.3, 0.4) is 0 Å². The number of rotatable bonds is 5. The van der Waals surface area contributed by atoms with Crippen LogP contribution in [0.15, 0.2) is 84.9 Å². The SMILES string of the molecule is O=C(OC(C(=O)c1ccccc1)c1ccccc1)c1ccc(O)cc1. The molecule has 0 heterocycles. The highest BCUT2D eigenvalue weighted by atomic mass is 16.5. The predicted molar refractivity (Wildman–Crippen MR) is 93.5 cm³/mol. The van der Waals surface area contributed by atoms with Gasteiger partial charge in [-0.15, -0.1) is 0 Å². The lowest BCUT2D eigenvalue weighted by molar-refractivity contribution is 0.0280. The van der Waals surface area contributed by atoms with Crippen LogP contribution < -0.4 is 0 Å². The second kappa shape index (κ2) is 7.45. The van der Waals surface area contributed by atoms with Gasteiger partial charge in [0.1, 0.15) is 5.75 Å². The number of phenolic OH excluding ortho intramolecular Hbond substituents is 1. The molecule has 0 fully saturated rings. The lowest BCUT2D eigenvalue weighted by Gasteiger charge is -2.17. The number of hydrogen-bond donors (Lipinski definition) is 1. The standard InChI is InChI=1S/C21H16O4/c22-18-13-11-17(12-14-18)21(24)25-20(16-9-5-2-6-10-16)19(23)15-7-3-1-4-8-15/h1-14,20,22H. The van der Waals surface area contributed by atoms with Crippen LogP contribution in [0, 0.1) is 0 Å². The molecule has 4 nitrogen and oxygen atoms in total. The predicted octanol–water partition coefficient (Wildman–Crippen LogP) is 4.17. The first-order valence-corrected chi connectivity index (χ1v) is 7.79. The smallest absolute Gasteiger partial charge is 0.339 e. The van der Waals surface area contributed by atoms with Crippen LogP contribution in [-0.2, 0) is 4.74 Å². The van der Waals surface area contributed by atoms with Crippen molar-refractivity contribution < 1.29 is 19.4 Å². The molecule has 0 aliphatic heterocycles. The van der Waals surface area contributed by atoms with Gasteiger partial charge in [-0.25, -0.2) is 4.79 Å². The van der Waals surface area contributed by atoms with Crippen molar-refractivity contribution >= 4 is 11.8 Å². The third-order valence-electron chi connectivity index (χ3n) is 3.73. The van der Waals surface area contributed by atoms with Gasteiger partial charge in [0.25, 0.3) is 0 Å². The average Bonchev–Trinajstić information content (AvgIpc) is 2.67. The fraction of sp³-hybridized carbons (Fsp3) is 0.0476. The second-order valence-corrected chi connectivity index (χ2v) is 5.47. The maximum atomic E-state index is 12.8. The Morgan fingerprint density at radius 1 is 0.720 bits per heavy atom. The number of Topliss-reactive ketones (excluding diaryl/α,β-unsaturated/α-hetero) is 1. The third-order valence-corrected chi connectivity index (χ3v) is 3.73. The molecule has 4 heteroatoms. The van der Waals surface area contributed by atoms with Gasteiger partial charge < -0.3 is 9.84 Å².